The van der Waals surface area contributed by atoms with E-state index in [1.807, 2.05) is 0 Å². The molecule has 7 nitrogen and oxygen atoms in total. The van der Waals surface area contributed by atoms with Crippen molar-refractivity contribution in [3.8, 4) is 17.1 Å². The third-order valence-electron chi connectivity index (χ3n) is 3.89. The first kappa shape index (κ1) is 18.2. The molecule has 0 spiro atoms. The van der Waals surface area contributed by atoms with Crippen LogP contribution in [0.5, 0.6) is 5.75 Å². The fourth-order valence-corrected chi connectivity index (χ4v) is 2.57. The Morgan fingerprint density at radius 3 is 2.85 bits per heavy atom. The van der Waals surface area contributed by atoms with E-state index in [9.17, 15) is 18.0 Å². The van der Waals surface area contributed by atoms with Gasteiger partial charge in [-0.15, -0.1) is 0 Å². The van der Waals surface area contributed by atoms with Crippen LogP contribution in [0.3, 0.4) is 0 Å². The first-order valence-corrected chi connectivity index (χ1v) is 7.86. The number of nitrogens with zero attached hydrogens (tertiary/aromatic N) is 2. The zero-order chi connectivity index (χ0) is 18.7. The highest BCUT2D eigenvalue weighted by molar-refractivity contribution is 5.81. The summed E-state index contributed by atoms with van der Waals surface area (Å²) in [5.41, 5.74) is 0.956. The van der Waals surface area contributed by atoms with Crippen molar-refractivity contribution in [2.75, 3.05) is 13.7 Å². The van der Waals surface area contributed by atoms with Crippen molar-refractivity contribution in [3.05, 3.63) is 29.7 Å². The number of halogens is 3. The number of carbonyl (C=O) groups is 1. The molecule has 0 aliphatic carbocycles. The van der Waals surface area contributed by atoms with Crippen molar-refractivity contribution < 1.29 is 32.0 Å². The molecule has 10 heteroatoms. The monoisotopic (exact) mass is 371 g/mol. The lowest BCUT2D eigenvalue weighted by atomic mass is 10.1. The van der Waals surface area contributed by atoms with Gasteiger partial charge in [0.15, 0.2) is 0 Å². The molecule has 2 aromatic rings. The van der Waals surface area contributed by atoms with Crippen LogP contribution in [0.25, 0.3) is 11.4 Å². The second-order valence-corrected chi connectivity index (χ2v) is 5.67. The van der Waals surface area contributed by atoms with Gasteiger partial charge in [-0.05, 0) is 18.9 Å². The largest absolute Gasteiger partial charge is 0.496 e. The third kappa shape index (κ3) is 3.96. The minimum absolute atomic E-state index is 0.197. The molecule has 1 saturated heterocycles. The van der Waals surface area contributed by atoms with E-state index in [4.69, 9.17) is 9.47 Å². The van der Waals surface area contributed by atoms with Crippen molar-refractivity contribution in [1.82, 2.24) is 15.5 Å². The van der Waals surface area contributed by atoms with E-state index < -0.39 is 18.2 Å². The molecule has 1 fully saturated rings. The number of nitrogens with one attached hydrogen (secondary N) is 1. The highest BCUT2D eigenvalue weighted by Gasteiger charge is 2.38. The van der Waals surface area contributed by atoms with E-state index in [1.54, 1.807) is 6.07 Å². The van der Waals surface area contributed by atoms with E-state index >= 15 is 0 Å². The average molecular weight is 371 g/mol. The average Bonchev–Trinajstić information content (AvgIpc) is 3.30. The standard InChI is InChI=1S/C16H16F3N3O4/c1-24-12-7-9(13-21-15(26-22-13)16(17,18)19)4-5-10(12)8-20-14(23)11-3-2-6-25-11/h4-5,7,11H,2-3,6,8H2,1H3,(H,20,23). The summed E-state index contributed by atoms with van der Waals surface area (Å²) in [6, 6.07) is 4.63. The van der Waals surface area contributed by atoms with Gasteiger partial charge in [0.05, 0.1) is 7.11 Å². The first-order chi connectivity index (χ1) is 12.4. The fraction of sp³-hybridized carbons (Fsp3) is 0.438. The zero-order valence-corrected chi connectivity index (χ0v) is 13.8. The lowest BCUT2D eigenvalue weighted by Gasteiger charge is -2.13. The number of methoxy groups -OCH3 is 1. The lowest BCUT2D eigenvalue weighted by Crippen LogP contribution is -2.33. The summed E-state index contributed by atoms with van der Waals surface area (Å²) in [7, 11) is 1.42. The Bertz CT molecular complexity index is 785. The number of benzene rings is 1. The predicted octanol–water partition coefficient (Wildman–Crippen LogP) is 2.56. The molecule has 1 unspecified atom stereocenters. The SMILES string of the molecule is COc1cc(-c2noc(C(F)(F)F)n2)ccc1CNC(=O)C1CCCO1. The molecule has 1 aliphatic heterocycles. The minimum Gasteiger partial charge on any atom is -0.496 e. The molecule has 26 heavy (non-hydrogen) atoms. The van der Waals surface area contributed by atoms with Crippen LogP contribution in [0, 0.1) is 0 Å². The first-order valence-electron chi connectivity index (χ1n) is 7.86. The number of hydrogen-bond acceptors (Lipinski definition) is 6. The molecule has 1 amide bonds. The predicted molar refractivity (Wildman–Crippen MR) is 82.1 cm³/mol. The van der Waals surface area contributed by atoms with Crippen LogP contribution in [-0.2, 0) is 22.3 Å². The molecule has 1 N–H and O–H groups in total. The van der Waals surface area contributed by atoms with Gasteiger partial charge in [-0.3, -0.25) is 4.79 Å². The van der Waals surface area contributed by atoms with Crippen molar-refractivity contribution in [2.24, 2.45) is 0 Å². The topological polar surface area (TPSA) is 86.5 Å². The molecular weight excluding hydrogens is 355 g/mol. The summed E-state index contributed by atoms with van der Waals surface area (Å²) >= 11 is 0. The van der Waals surface area contributed by atoms with Gasteiger partial charge >= 0.3 is 12.1 Å². The van der Waals surface area contributed by atoms with Gasteiger partial charge in [0.2, 0.25) is 11.7 Å². The quantitative estimate of drug-likeness (QED) is 0.869. The Hall–Kier alpha value is -2.62. The Morgan fingerprint density at radius 2 is 2.23 bits per heavy atom. The maximum absolute atomic E-state index is 12.6. The summed E-state index contributed by atoms with van der Waals surface area (Å²) in [6.07, 6.45) is -3.62. The third-order valence-corrected chi connectivity index (χ3v) is 3.89. The summed E-state index contributed by atoms with van der Waals surface area (Å²) in [5, 5.41) is 6.09. The second-order valence-electron chi connectivity index (χ2n) is 5.67. The molecule has 1 atom stereocenters. The van der Waals surface area contributed by atoms with Crippen molar-refractivity contribution in [1.29, 1.82) is 0 Å². The number of aromatic nitrogens is 2. The maximum atomic E-state index is 12.6. The van der Waals surface area contributed by atoms with E-state index in [0.717, 1.165) is 6.42 Å². The molecule has 1 aliphatic rings. The van der Waals surface area contributed by atoms with Crippen LogP contribution in [0.15, 0.2) is 22.7 Å². The molecule has 2 heterocycles. The Labute approximate surface area is 146 Å². The highest BCUT2D eigenvalue weighted by atomic mass is 19.4. The molecule has 1 aromatic carbocycles. The van der Waals surface area contributed by atoms with E-state index in [2.05, 4.69) is 20.0 Å². The normalized spacial score (nSPS) is 17.3. The van der Waals surface area contributed by atoms with Crippen LogP contribution >= 0.6 is 0 Å². The van der Waals surface area contributed by atoms with Gasteiger partial charge < -0.3 is 19.3 Å². The number of ether oxygens (including phenoxy) is 2. The fourth-order valence-electron chi connectivity index (χ4n) is 2.57. The van der Waals surface area contributed by atoms with Gasteiger partial charge in [-0.25, -0.2) is 0 Å². The van der Waals surface area contributed by atoms with Gasteiger partial charge in [0.1, 0.15) is 11.9 Å². The van der Waals surface area contributed by atoms with E-state index in [1.165, 1.54) is 19.2 Å². The maximum Gasteiger partial charge on any atom is 0.471 e. The molecule has 1 aromatic heterocycles. The second kappa shape index (κ2) is 7.32. The molecule has 0 saturated carbocycles. The van der Waals surface area contributed by atoms with Gasteiger partial charge in [-0.2, -0.15) is 18.2 Å². The summed E-state index contributed by atoms with van der Waals surface area (Å²) in [4.78, 5) is 15.3. The summed E-state index contributed by atoms with van der Waals surface area (Å²) < 4.78 is 52.5. The van der Waals surface area contributed by atoms with Gasteiger partial charge in [0.25, 0.3) is 0 Å². The smallest absolute Gasteiger partial charge is 0.471 e. The Kier molecular flexibility index (Phi) is 5.12. The van der Waals surface area contributed by atoms with E-state index in [0.29, 0.717) is 29.9 Å². The summed E-state index contributed by atoms with van der Waals surface area (Å²) in [6.45, 7) is 0.767. The van der Waals surface area contributed by atoms with Crippen molar-refractivity contribution in [3.63, 3.8) is 0 Å². The zero-order valence-electron chi connectivity index (χ0n) is 13.8. The summed E-state index contributed by atoms with van der Waals surface area (Å²) in [5.74, 6) is -1.44. The molecule has 140 valence electrons. The van der Waals surface area contributed by atoms with Crippen LogP contribution in [0.2, 0.25) is 0 Å². The van der Waals surface area contributed by atoms with Gasteiger partial charge in [0, 0.05) is 24.3 Å². The van der Waals surface area contributed by atoms with Crippen LogP contribution in [0.4, 0.5) is 13.2 Å². The van der Waals surface area contributed by atoms with Crippen molar-refractivity contribution in [2.45, 2.75) is 31.7 Å². The van der Waals surface area contributed by atoms with Gasteiger partial charge in [-0.1, -0.05) is 17.3 Å². The number of alkyl halides is 3. The number of rotatable bonds is 5. The highest BCUT2D eigenvalue weighted by Crippen LogP contribution is 2.31. The van der Waals surface area contributed by atoms with Crippen molar-refractivity contribution >= 4 is 5.91 Å². The van der Waals surface area contributed by atoms with Crippen LogP contribution in [0.1, 0.15) is 24.3 Å². The molecule has 0 bridgehead atoms. The Balaban J connectivity index is 1.73. The molecular formula is C16H16F3N3O4. The van der Waals surface area contributed by atoms with E-state index in [-0.39, 0.29) is 18.3 Å². The number of hydrogen-bond donors (Lipinski definition) is 1. The van der Waals surface area contributed by atoms with Crippen LogP contribution in [-0.4, -0.2) is 35.9 Å². The lowest BCUT2D eigenvalue weighted by molar-refractivity contribution is -0.159. The molecule has 0 radical (unpaired) electrons. The number of carbonyl (C=O) groups excluding carboxylic acids is 1. The molecule has 3 rings (SSSR count). The Morgan fingerprint density at radius 1 is 1.42 bits per heavy atom. The minimum atomic E-state index is -4.71. The number of amides is 1. The van der Waals surface area contributed by atoms with Crippen LogP contribution < -0.4 is 10.1 Å².